The van der Waals surface area contributed by atoms with Gasteiger partial charge < -0.3 is 4.74 Å². The van der Waals surface area contributed by atoms with Crippen molar-refractivity contribution in [3.8, 4) is 0 Å². The molecule has 0 saturated carbocycles. The average molecular weight is 435 g/mol. The molecule has 26 heavy (non-hydrogen) atoms. The van der Waals surface area contributed by atoms with Gasteiger partial charge in [0.2, 0.25) is 0 Å². The van der Waals surface area contributed by atoms with Crippen LogP contribution in [0.4, 0.5) is 52.7 Å². The van der Waals surface area contributed by atoms with Crippen molar-refractivity contribution in [2.24, 2.45) is 0 Å². The predicted molar refractivity (Wildman–Crippen MR) is 61.1 cm³/mol. The molecule has 0 spiro atoms. The van der Waals surface area contributed by atoms with Crippen LogP contribution in [0.5, 0.6) is 0 Å². The van der Waals surface area contributed by atoms with E-state index in [1.165, 1.54) is 0 Å². The SMILES string of the molecule is C=C(CC)C(=O)OC(F)(Cl)C(F)(F)C(F)(F)C(F)(F)C(F)(F)C(F)(F)F. The van der Waals surface area contributed by atoms with Gasteiger partial charge >= 0.3 is 41.1 Å². The molecule has 1 atom stereocenters. The predicted octanol–water partition coefficient (Wildman–Crippen LogP) is 5.46. The van der Waals surface area contributed by atoms with Crippen molar-refractivity contribution in [1.82, 2.24) is 0 Å². The highest BCUT2D eigenvalue weighted by Gasteiger charge is 2.91. The van der Waals surface area contributed by atoms with Crippen LogP contribution in [-0.4, -0.2) is 41.1 Å². The molecule has 0 radical (unpaired) electrons. The lowest BCUT2D eigenvalue weighted by Crippen LogP contribution is -2.70. The molecule has 0 heterocycles. The lowest BCUT2D eigenvalue weighted by atomic mass is 9.98. The van der Waals surface area contributed by atoms with Gasteiger partial charge in [0.15, 0.2) is 0 Å². The van der Waals surface area contributed by atoms with Crippen molar-refractivity contribution in [2.45, 2.75) is 48.5 Å². The Balaban J connectivity index is 6.16. The van der Waals surface area contributed by atoms with Crippen molar-refractivity contribution in [1.29, 1.82) is 0 Å². The van der Waals surface area contributed by atoms with Crippen LogP contribution < -0.4 is 0 Å². The van der Waals surface area contributed by atoms with E-state index in [-0.39, 0.29) is 0 Å². The van der Waals surface area contributed by atoms with Gasteiger partial charge in [-0.1, -0.05) is 13.5 Å². The zero-order chi connectivity index (χ0) is 21.6. The largest absolute Gasteiger partial charge is 0.460 e. The van der Waals surface area contributed by atoms with Crippen LogP contribution in [0.2, 0.25) is 0 Å². The molecule has 0 aliphatic carbocycles. The van der Waals surface area contributed by atoms with Crippen LogP contribution in [0.25, 0.3) is 0 Å². The molecule has 1 unspecified atom stereocenters. The van der Waals surface area contributed by atoms with Crippen LogP contribution in [0.1, 0.15) is 13.3 Å². The van der Waals surface area contributed by atoms with Gasteiger partial charge in [-0.15, -0.1) is 0 Å². The summed E-state index contributed by atoms with van der Waals surface area (Å²) in [7, 11) is 0. The fraction of sp³-hybridized carbons (Fsp3) is 0.727. The number of hydrogen-bond donors (Lipinski definition) is 0. The normalized spacial score (nSPS) is 16.8. The first-order chi connectivity index (χ1) is 11.1. The highest BCUT2D eigenvalue weighted by atomic mass is 35.5. The quantitative estimate of drug-likeness (QED) is 0.230. The summed E-state index contributed by atoms with van der Waals surface area (Å²) in [4.78, 5) is 11.0. The average Bonchev–Trinajstić information content (AvgIpc) is 2.43. The number of carbonyl (C=O) groups excluding carboxylic acids is 1. The van der Waals surface area contributed by atoms with Crippen molar-refractivity contribution in [2.75, 3.05) is 0 Å². The molecule has 0 aromatic heterocycles. The van der Waals surface area contributed by atoms with Crippen LogP contribution >= 0.6 is 11.6 Å². The zero-order valence-electron chi connectivity index (χ0n) is 12.1. The van der Waals surface area contributed by atoms with Gasteiger partial charge in [-0.2, -0.15) is 52.7 Å². The third kappa shape index (κ3) is 3.56. The van der Waals surface area contributed by atoms with Crippen LogP contribution in [-0.2, 0) is 9.53 Å². The summed E-state index contributed by atoms with van der Waals surface area (Å²) in [6, 6.07) is 0. The Bertz CT molecular complexity index is 566. The summed E-state index contributed by atoms with van der Waals surface area (Å²) >= 11 is 4.14. The molecule has 0 bridgehead atoms. The van der Waals surface area contributed by atoms with Crippen LogP contribution in [0.3, 0.4) is 0 Å². The Hall–Kier alpha value is -1.34. The molecule has 0 aliphatic heterocycles. The molecule has 15 heteroatoms. The van der Waals surface area contributed by atoms with Crippen LogP contribution in [0, 0.1) is 0 Å². The Labute approximate surface area is 141 Å². The van der Waals surface area contributed by atoms with E-state index < -0.39 is 53.1 Å². The minimum Gasteiger partial charge on any atom is -0.406 e. The molecular formula is C11H7ClF12O2. The minimum absolute atomic E-state index is 0.462. The van der Waals surface area contributed by atoms with E-state index in [1.54, 1.807) is 0 Å². The van der Waals surface area contributed by atoms with Crippen molar-refractivity contribution < 1.29 is 62.2 Å². The number of halogens is 13. The smallest absolute Gasteiger partial charge is 0.406 e. The van der Waals surface area contributed by atoms with Gasteiger partial charge in [0.05, 0.1) is 0 Å². The molecule has 0 fully saturated rings. The summed E-state index contributed by atoms with van der Waals surface area (Å²) in [5.74, 6) is -32.9. The Kier molecular flexibility index (Phi) is 6.33. The summed E-state index contributed by atoms with van der Waals surface area (Å²) in [5, 5.41) is -5.92. The van der Waals surface area contributed by atoms with Crippen molar-refractivity contribution in [3.63, 3.8) is 0 Å². The summed E-state index contributed by atoms with van der Waals surface area (Å²) in [6.07, 6.45) is -7.88. The molecule has 0 rings (SSSR count). The van der Waals surface area contributed by atoms with E-state index in [4.69, 9.17) is 0 Å². The topological polar surface area (TPSA) is 26.3 Å². The molecule has 0 N–H and O–H groups in total. The van der Waals surface area contributed by atoms with Gasteiger partial charge in [0.1, 0.15) is 0 Å². The molecule has 0 aromatic carbocycles. The Morgan fingerprint density at radius 3 is 1.46 bits per heavy atom. The van der Waals surface area contributed by atoms with E-state index in [2.05, 4.69) is 22.9 Å². The maximum atomic E-state index is 13.5. The number of esters is 1. The summed E-state index contributed by atoms with van der Waals surface area (Å²) in [6.45, 7) is 3.86. The fourth-order valence-corrected chi connectivity index (χ4v) is 1.34. The van der Waals surface area contributed by atoms with Gasteiger partial charge in [-0.05, 0) is 18.0 Å². The van der Waals surface area contributed by atoms with E-state index in [1.807, 2.05) is 0 Å². The van der Waals surface area contributed by atoms with Crippen molar-refractivity contribution in [3.05, 3.63) is 12.2 Å². The van der Waals surface area contributed by atoms with Crippen LogP contribution in [0.15, 0.2) is 12.2 Å². The summed E-state index contributed by atoms with van der Waals surface area (Å²) in [5.41, 5.74) is -0.890. The Morgan fingerprint density at radius 1 is 0.808 bits per heavy atom. The zero-order valence-corrected chi connectivity index (χ0v) is 12.9. The second-order valence-electron chi connectivity index (χ2n) is 4.66. The Morgan fingerprint density at radius 2 is 1.15 bits per heavy atom. The number of ether oxygens (including phenoxy) is 1. The maximum Gasteiger partial charge on any atom is 0.460 e. The third-order valence-corrected chi connectivity index (χ3v) is 3.16. The number of rotatable bonds is 7. The monoisotopic (exact) mass is 434 g/mol. The number of hydrogen-bond acceptors (Lipinski definition) is 2. The van der Waals surface area contributed by atoms with Crippen molar-refractivity contribution >= 4 is 17.6 Å². The molecule has 154 valence electrons. The minimum atomic E-state index is -7.89. The number of carbonyl (C=O) groups is 1. The van der Waals surface area contributed by atoms with E-state index in [0.717, 1.165) is 6.92 Å². The second-order valence-corrected chi connectivity index (χ2v) is 5.14. The lowest BCUT2D eigenvalue weighted by Gasteiger charge is -2.39. The first kappa shape index (κ1) is 24.7. The fourth-order valence-electron chi connectivity index (χ4n) is 1.15. The molecule has 2 nitrogen and oxygen atoms in total. The van der Waals surface area contributed by atoms with E-state index >= 15 is 0 Å². The van der Waals surface area contributed by atoms with Gasteiger partial charge in [0.25, 0.3) is 0 Å². The molecule has 0 saturated heterocycles. The van der Waals surface area contributed by atoms with Gasteiger partial charge in [-0.3, -0.25) is 0 Å². The van der Waals surface area contributed by atoms with E-state index in [9.17, 15) is 57.5 Å². The maximum absolute atomic E-state index is 13.5. The summed E-state index contributed by atoms with van der Waals surface area (Å²) < 4.78 is 156. The van der Waals surface area contributed by atoms with Gasteiger partial charge in [0, 0.05) is 5.57 Å². The molecule has 0 amide bonds. The standard InChI is InChI=1S/C11H7ClF12O2/c1-3-4(2)5(25)26-10(12,21)8(17,18)6(13,14)7(15,16)9(19,20)11(22,23)24/h2-3H2,1H3. The molecule has 0 aliphatic rings. The van der Waals surface area contributed by atoms with Gasteiger partial charge in [-0.25, -0.2) is 4.79 Å². The highest BCUT2D eigenvalue weighted by Crippen LogP contribution is 2.60. The van der Waals surface area contributed by atoms with E-state index in [0.29, 0.717) is 0 Å². The second kappa shape index (κ2) is 6.68. The third-order valence-electron chi connectivity index (χ3n) is 2.84. The lowest BCUT2D eigenvalue weighted by molar-refractivity contribution is -0.437. The molecular weight excluding hydrogens is 428 g/mol. The molecule has 0 aromatic rings. The first-order valence-electron chi connectivity index (χ1n) is 5.98. The number of alkyl halides is 13. The first-order valence-corrected chi connectivity index (χ1v) is 6.36. The highest BCUT2D eigenvalue weighted by molar-refractivity contribution is 6.23.